The molecule has 2 atom stereocenters. The highest BCUT2D eigenvalue weighted by Crippen LogP contribution is 2.11. The molecule has 0 aliphatic heterocycles. The fourth-order valence-corrected chi connectivity index (χ4v) is 1.15. The van der Waals surface area contributed by atoms with E-state index in [2.05, 4.69) is 10.4 Å². The average molecular weight is 226 g/mol. The van der Waals surface area contributed by atoms with Crippen LogP contribution in [-0.4, -0.2) is 32.8 Å². The molecule has 0 aromatic carbocycles. The minimum absolute atomic E-state index is 0.406. The lowest BCUT2D eigenvalue weighted by Crippen LogP contribution is -2.42. The van der Waals surface area contributed by atoms with E-state index in [1.54, 1.807) is 7.05 Å². The first kappa shape index (κ1) is 12.2. The molecule has 4 N–H and O–H groups in total. The number of amides is 1. The summed E-state index contributed by atoms with van der Waals surface area (Å²) in [7, 11) is 1.66. The normalized spacial score (nSPS) is 14.2. The number of carbonyl (C=O) groups is 2. The molecule has 2 unspecified atom stereocenters. The maximum atomic E-state index is 11.3. The number of aliphatic carboxylic acids is 1. The maximum Gasteiger partial charge on any atom is 0.331 e. The van der Waals surface area contributed by atoms with E-state index >= 15 is 0 Å². The van der Waals surface area contributed by atoms with Crippen molar-refractivity contribution in [2.45, 2.75) is 19.0 Å². The average Bonchev–Trinajstić information content (AvgIpc) is 2.59. The molecule has 0 bridgehead atoms. The van der Waals surface area contributed by atoms with Gasteiger partial charge in [-0.1, -0.05) is 0 Å². The van der Waals surface area contributed by atoms with Gasteiger partial charge in [0.2, 0.25) is 5.91 Å². The molecule has 1 aromatic heterocycles. The van der Waals surface area contributed by atoms with E-state index < -0.39 is 24.0 Å². The number of hydrogen-bond acceptors (Lipinski definition) is 4. The Morgan fingerprint density at radius 3 is 2.62 bits per heavy atom. The summed E-state index contributed by atoms with van der Waals surface area (Å²) in [4.78, 5) is 22.3. The van der Waals surface area contributed by atoms with Gasteiger partial charge in [0, 0.05) is 18.8 Å². The van der Waals surface area contributed by atoms with Crippen LogP contribution in [0, 0.1) is 0 Å². The first-order chi connectivity index (χ1) is 7.41. The van der Waals surface area contributed by atoms with Gasteiger partial charge in [-0.15, -0.1) is 0 Å². The number of nitrogens with one attached hydrogen (secondary N) is 1. The van der Waals surface area contributed by atoms with Crippen LogP contribution in [0.2, 0.25) is 0 Å². The second kappa shape index (κ2) is 4.75. The van der Waals surface area contributed by atoms with Crippen molar-refractivity contribution in [1.82, 2.24) is 15.1 Å². The highest BCUT2D eigenvalue weighted by atomic mass is 16.4. The summed E-state index contributed by atoms with van der Waals surface area (Å²) in [5, 5.41) is 15.1. The lowest BCUT2D eigenvalue weighted by molar-refractivity contribution is -0.142. The lowest BCUT2D eigenvalue weighted by atomic mass is 10.1. The Bertz CT molecular complexity index is 399. The summed E-state index contributed by atoms with van der Waals surface area (Å²) in [6.07, 6.45) is 2.92. The van der Waals surface area contributed by atoms with Gasteiger partial charge in [0.25, 0.3) is 0 Å². The molecule has 1 amide bonds. The fraction of sp³-hybridized carbons (Fsp3) is 0.444. The van der Waals surface area contributed by atoms with E-state index in [0.717, 1.165) is 0 Å². The van der Waals surface area contributed by atoms with Gasteiger partial charge in [0.05, 0.1) is 12.2 Å². The molecule has 0 saturated heterocycles. The first-order valence-corrected chi connectivity index (χ1v) is 4.69. The van der Waals surface area contributed by atoms with E-state index in [4.69, 9.17) is 10.8 Å². The van der Waals surface area contributed by atoms with Crippen molar-refractivity contribution in [3.05, 3.63) is 18.0 Å². The predicted molar refractivity (Wildman–Crippen MR) is 55.4 cm³/mol. The number of carbonyl (C=O) groups excluding carboxylic acids is 1. The molecule has 88 valence electrons. The van der Waals surface area contributed by atoms with Crippen molar-refractivity contribution < 1.29 is 14.7 Å². The third-order valence-electron chi connectivity index (χ3n) is 2.01. The lowest BCUT2D eigenvalue weighted by Gasteiger charge is -2.14. The SMILES string of the molecule is CC(N)C(=O)NC(C(=O)O)c1cnn(C)c1. The molecule has 0 saturated carbocycles. The molecule has 0 aliphatic carbocycles. The highest BCUT2D eigenvalue weighted by Gasteiger charge is 2.24. The number of aryl methyl sites for hydroxylation is 1. The molecular weight excluding hydrogens is 212 g/mol. The van der Waals surface area contributed by atoms with Crippen molar-refractivity contribution in [3.8, 4) is 0 Å². The van der Waals surface area contributed by atoms with Crippen LogP contribution in [0.25, 0.3) is 0 Å². The van der Waals surface area contributed by atoms with Crippen molar-refractivity contribution in [1.29, 1.82) is 0 Å². The third kappa shape index (κ3) is 2.80. The number of nitrogens with zero attached hydrogens (tertiary/aromatic N) is 2. The molecule has 16 heavy (non-hydrogen) atoms. The zero-order valence-electron chi connectivity index (χ0n) is 9.04. The minimum Gasteiger partial charge on any atom is -0.479 e. The molecule has 1 aromatic rings. The van der Waals surface area contributed by atoms with Crippen LogP contribution < -0.4 is 11.1 Å². The van der Waals surface area contributed by atoms with Crippen LogP contribution in [0.15, 0.2) is 12.4 Å². The van der Waals surface area contributed by atoms with Crippen molar-refractivity contribution in [3.63, 3.8) is 0 Å². The van der Waals surface area contributed by atoms with Crippen molar-refractivity contribution in [2.24, 2.45) is 12.8 Å². The van der Waals surface area contributed by atoms with Crippen LogP contribution >= 0.6 is 0 Å². The zero-order valence-corrected chi connectivity index (χ0v) is 9.04. The summed E-state index contributed by atoms with van der Waals surface area (Å²) in [6, 6.07) is -1.87. The number of rotatable bonds is 4. The largest absolute Gasteiger partial charge is 0.479 e. The van der Waals surface area contributed by atoms with Crippen molar-refractivity contribution >= 4 is 11.9 Å². The molecule has 0 fully saturated rings. The number of carboxylic acids is 1. The summed E-state index contributed by atoms with van der Waals surface area (Å²) in [6.45, 7) is 1.48. The van der Waals surface area contributed by atoms with Gasteiger partial charge in [-0.25, -0.2) is 4.79 Å². The van der Waals surface area contributed by atoms with E-state index in [1.165, 1.54) is 24.0 Å². The molecule has 0 spiro atoms. The van der Waals surface area contributed by atoms with Gasteiger partial charge in [0.1, 0.15) is 0 Å². The van der Waals surface area contributed by atoms with Crippen molar-refractivity contribution in [2.75, 3.05) is 0 Å². The topological polar surface area (TPSA) is 110 Å². The smallest absolute Gasteiger partial charge is 0.331 e. The Hall–Kier alpha value is -1.89. The van der Waals surface area contributed by atoms with Crippen LogP contribution in [-0.2, 0) is 16.6 Å². The van der Waals surface area contributed by atoms with Gasteiger partial charge in [0.15, 0.2) is 6.04 Å². The monoisotopic (exact) mass is 226 g/mol. The first-order valence-electron chi connectivity index (χ1n) is 4.69. The molecule has 7 heteroatoms. The second-order valence-corrected chi connectivity index (χ2v) is 3.52. The van der Waals surface area contributed by atoms with Crippen LogP contribution in [0.5, 0.6) is 0 Å². The van der Waals surface area contributed by atoms with E-state index in [-0.39, 0.29) is 0 Å². The molecule has 1 heterocycles. The zero-order chi connectivity index (χ0) is 12.3. The second-order valence-electron chi connectivity index (χ2n) is 3.52. The van der Waals surface area contributed by atoms with E-state index in [9.17, 15) is 9.59 Å². The Morgan fingerprint density at radius 1 is 1.62 bits per heavy atom. The standard InChI is InChI=1S/C9H14N4O3/c1-5(10)8(14)12-7(9(15)16)6-3-11-13(2)4-6/h3-5,7H,10H2,1-2H3,(H,12,14)(H,15,16). The van der Waals surface area contributed by atoms with Gasteiger partial charge in [-0.3, -0.25) is 9.48 Å². The Morgan fingerprint density at radius 2 is 2.25 bits per heavy atom. The molecule has 7 nitrogen and oxygen atoms in total. The summed E-state index contributed by atoms with van der Waals surface area (Å²) in [5.41, 5.74) is 5.75. The number of carboxylic acid groups (broad SMARTS) is 1. The summed E-state index contributed by atoms with van der Waals surface area (Å²) in [5.74, 6) is -1.67. The number of nitrogens with two attached hydrogens (primary N) is 1. The fourth-order valence-electron chi connectivity index (χ4n) is 1.15. The number of hydrogen-bond donors (Lipinski definition) is 3. The molecule has 1 rings (SSSR count). The van der Waals surface area contributed by atoms with Gasteiger partial charge >= 0.3 is 5.97 Å². The van der Waals surface area contributed by atoms with Crippen LogP contribution in [0.4, 0.5) is 0 Å². The van der Waals surface area contributed by atoms with E-state index in [0.29, 0.717) is 5.56 Å². The molecule has 0 aliphatic rings. The number of aromatic nitrogens is 2. The third-order valence-corrected chi connectivity index (χ3v) is 2.01. The Kier molecular flexibility index (Phi) is 3.62. The molecular formula is C9H14N4O3. The Labute approximate surface area is 92.2 Å². The minimum atomic E-state index is -1.15. The summed E-state index contributed by atoms with van der Waals surface area (Å²) < 4.78 is 1.46. The quantitative estimate of drug-likeness (QED) is 0.610. The van der Waals surface area contributed by atoms with Crippen LogP contribution in [0.1, 0.15) is 18.5 Å². The van der Waals surface area contributed by atoms with Crippen LogP contribution in [0.3, 0.4) is 0 Å². The van der Waals surface area contributed by atoms with E-state index in [1.807, 2.05) is 0 Å². The maximum absolute atomic E-state index is 11.3. The highest BCUT2D eigenvalue weighted by molar-refractivity contribution is 5.87. The molecule has 0 radical (unpaired) electrons. The predicted octanol–water partition coefficient (Wildman–Crippen LogP) is -0.991. The Balaban J connectivity index is 2.84. The van der Waals surface area contributed by atoms with Gasteiger partial charge < -0.3 is 16.2 Å². The van der Waals surface area contributed by atoms with Gasteiger partial charge in [-0.05, 0) is 6.92 Å². The summed E-state index contributed by atoms with van der Waals surface area (Å²) >= 11 is 0. The van der Waals surface area contributed by atoms with Gasteiger partial charge in [-0.2, -0.15) is 5.10 Å².